The highest BCUT2D eigenvalue weighted by molar-refractivity contribution is 5.69. The molecule has 1 aromatic heterocycles. The number of aromatic nitrogens is 2. The normalized spacial score (nSPS) is 10.8. The van der Waals surface area contributed by atoms with E-state index in [-0.39, 0.29) is 5.97 Å². The van der Waals surface area contributed by atoms with Crippen LogP contribution >= 0.6 is 0 Å². The number of para-hydroxylation sites is 1. The van der Waals surface area contributed by atoms with Crippen LogP contribution < -0.4 is 0 Å². The van der Waals surface area contributed by atoms with Crippen LogP contribution in [0.1, 0.15) is 18.9 Å². The Hall–Kier alpha value is -2.14. The van der Waals surface area contributed by atoms with Gasteiger partial charge >= 0.3 is 5.97 Å². The first-order chi connectivity index (χ1) is 10.2. The largest absolute Gasteiger partial charge is 0.469 e. The van der Waals surface area contributed by atoms with Gasteiger partial charge in [0, 0.05) is 24.8 Å². The average molecular weight is 287 g/mol. The van der Waals surface area contributed by atoms with Crippen LogP contribution in [-0.2, 0) is 16.1 Å². The average Bonchev–Trinajstić information content (AvgIpc) is 3.00. The second-order valence-electron chi connectivity index (χ2n) is 4.82. The Labute approximate surface area is 125 Å². The Morgan fingerprint density at radius 1 is 1.33 bits per heavy atom. The molecule has 5 heteroatoms. The molecule has 0 fully saturated rings. The lowest BCUT2D eigenvalue weighted by Crippen LogP contribution is -2.25. The Bertz CT molecular complexity index is 566. The third-order valence-electron chi connectivity index (χ3n) is 3.37. The quantitative estimate of drug-likeness (QED) is 0.733. The van der Waals surface area contributed by atoms with E-state index < -0.39 is 0 Å². The molecule has 1 aromatic carbocycles. The summed E-state index contributed by atoms with van der Waals surface area (Å²) in [6.45, 7) is 4.44. The predicted molar refractivity (Wildman–Crippen MR) is 81.1 cm³/mol. The molecule has 0 aliphatic rings. The van der Waals surface area contributed by atoms with E-state index in [1.54, 1.807) is 0 Å². The van der Waals surface area contributed by atoms with E-state index in [9.17, 15) is 4.79 Å². The predicted octanol–water partition coefficient (Wildman–Crippen LogP) is 2.26. The van der Waals surface area contributed by atoms with Gasteiger partial charge in [-0.1, -0.05) is 25.1 Å². The van der Waals surface area contributed by atoms with Crippen molar-refractivity contribution in [1.29, 1.82) is 0 Å². The van der Waals surface area contributed by atoms with Crippen LogP contribution in [0.25, 0.3) is 5.69 Å². The summed E-state index contributed by atoms with van der Waals surface area (Å²) in [6, 6.07) is 10.0. The molecule has 21 heavy (non-hydrogen) atoms. The topological polar surface area (TPSA) is 47.4 Å². The maximum Gasteiger partial charge on any atom is 0.306 e. The van der Waals surface area contributed by atoms with Gasteiger partial charge in [-0.05, 0) is 18.7 Å². The van der Waals surface area contributed by atoms with Crippen LogP contribution in [0.4, 0.5) is 0 Å². The Morgan fingerprint density at radius 3 is 2.76 bits per heavy atom. The fraction of sp³-hybridized carbons (Fsp3) is 0.375. The third-order valence-corrected chi connectivity index (χ3v) is 3.37. The highest BCUT2D eigenvalue weighted by atomic mass is 16.5. The summed E-state index contributed by atoms with van der Waals surface area (Å²) in [6.07, 6.45) is 4.31. The zero-order valence-electron chi connectivity index (χ0n) is 12.5. The molecule has 5 nitrogen and oxygen atoms in total. The molecule has 0 aliphatic heterocycles. The fourth-order valence-corrected chi connectivity index (χ4v) is 2.12. The minimum absolute atomic E-state index is 0.173. The summed E-state index contributed by atoms with van der Waals surface area (Å²) < 4.78 is 6.54. The second-order valence-corrected chi connectivity index (χ2v) is 4.82. The highest BCUT2D eigenvalue weighted by Gasteiger charge is 2.09. The summed E-state index contributed by atoms with van der Waals surface area (Å²) in [7, 11) is 1.42. The van der Waals surface area contributed by atoms with Crippen LogP contribution in [0.2, 0.25) is 0 Å². The molecule has 0 unspecified atom stereocenters. The van der Waals surface area contributed by atoms with Crippen molar-refractivity contribution in [3.8, 4) is 5.69 Å². The van der Waals surface area contributed by atoms with Gasteiger partial charge < -0.3 is 4.74 Å². The number of carbonyl (C=O) groups is 1. The van der Waals surface area contributed by atoms with Gasteiger partial charge in [-0.15, -0.1) is 0 Å². The molecule has 0 atom stereocenters. The molecule has 0 amide bonds. The maximum absolute atomic E-state index is 11.2. The molecule has 2 aromatic rings. The second kappa shape index (κ2) is 7.59. The lowest BCUT2D eigenvalue weighted by atomic mass is 10.3. The molecule has 0 aliphatic carbocycles. The number of methoxy groups -OCH3 is 1. The van der Waals surface area contributed by atoms with E-state index in [1.807, 2.05) is 47.4 Å². The van der Waals surface area contributed by atoms with E-state index in [2.05, 4.69) is 21.7 Å². The minimum atomic E-state index is -0.173. The van der Waals surface area contributed by atoms with Crippen LogP contribution in [0, 0.1) is 0 Å². The van der Waals surface area contributed by atoms with Crippen molar-refractivity contribution < 1.29 is 9.53 Å². The number of benzene rings is 1. The van der Waals surface area contributed by atoms with Gasteiger partial charge in [-0.2, -0.15) is 5.10 Å². The smallest absolute Gasteiger partial charge is 0.306 e. The number of hydrogen-bond donors (Lipinski definition) is 0. The van der Waals surface area contributed by atoms with Crippen molar-refractivity contribution in [2.24, 2.45) is 0 Å². The summed E-state index contributed by atoms with van der Waals surface area (Å²) in [5.74, 6) is -0.173. The Morgan fingerprint density at radius 2 is 2.10 bits per heavy atom. The van der Waals surface area contributed by atoms with Crippen molar-refractivity contribution >= 4 is 5.97 Å². The maximum atomic E-state index is 11.2. The van der Waals surface area contributed by atoms with E-state index in [4.69, 9.17) is 0 Å². The van der Waals surface area contributed by atoms with Gasteiger partial charge in [-0.25, -0.2) is 4.68 Å². The van der Waals surface area contributed by atoms with E-state index in [0.717, 1.165) is 24.3 Å². The standard InChI is InChI=1S/C16H21N3O2/c1-3-18(10-9-16(20)21-2)12-14-11-17-19(13-14)15-7-5-4-6-8-15/h4-8,11,13H,3,9-10,12H2,1-2H3. The van der Waals surface area contributed by atoms with Crippen molar-refractivity contribution in [1.82, 2.24) is 14.7 Å². The molecular formula is C16H21N3O2. The molecule has 1 heterocycles. The molecule has 0 saturated carbocycles. The first-order valence-electron chi connectivity index (χ1n) is 7.11. The number of hydrogen-bond acceptors (Lipinski definition) is 4. The van der Waals surface area contributed by atoms with Crippen molar-refractivity contribution in [2.45, 2.75) is 19.9 Å². The van der Waals surface area contributed by atoms with Crippen molar-refractivity contribution in [3.05, 3.63) is 48.3 Å². The zero-order valence-corrected chi connectivity index (χ0v) is 12.5. The van der Waals surface area contributed by atoms with Crippen molar-refractivity contribution in [3.63, 3.8) is 0 Å². The first kappa shape index (κ1) is 15.3. The number of nitrogens with zero attached hydrogens (tertiary/aromatic N) is 3. The lowest BCUT2D eigenvalue weighted by Gasteiger charge is -2.18. The molecule has 0 bridgehead atoms. The monoisotopic (exact) mass is 287 g/mol. The number of carbonyl (C=O) groups excluding carboxylic acids is 1. The van der Waals surface area contributed by atoms with E-state index in [1.165, 1.54) is 7.11 Å². The van der Waals surface area contributed by atoms with Gasteiger partial charge in [0.15, 0.2) is 0 Å². The van der Waals surface area contributed by atoms with Gasteiger partial charge in [-0.3, -0.25) is 9.69 Å². The molecular weight excluding hydrogens is 266 g/mol. The van der Waals surface area contributed by atoms with Crippen LogP contribution in [0.15, 0.2) is 42.7 Å². The van der Waals surface area contributed by atoms with Crippen LogP contribution in [0.5, 0.6) is 0 Å². The lowest BCUT2D eigenvalue weighted by molar-refractivity contribution is -0.141. The molecule has 0 radical (unpaired) electrons. The molecule has 2 rings (SSSR count). The molecule has 0 N–H and O–H groups in total. The third kappa shape index (κ3) is 4.43. The molecule has 112 valence electrons. The first-order valence-corrected chi connectivity index (χ1v) is 7.11. The summed E-state index contributed by atoms with van der Waals surface area (Å²) in [5.41, 5.74) is 2.17. The van der Waals surface area contributed by atoms with Gasteiger partial charge in [0.05, 0.1) is 25.4 Å². The Balaban J connectivity index is 1.96. The molecule has 0 saturated heterocycles. The van der Waals surface area contributed by atoms with E-state index >= 15 is 0 Å². The zero-order chi connectivity index (χ0) is 15.1. The van der Waals surface area contributed by atoms with Gasteiger partial charge in [0.2, 0.25) is 0 Å². The SMILES string of the molecule is CCN(CCC(=O)OC)Cc1cnn(-c2ccccc2)c1. The number of esters is 1. The van der Waals surface area contributed by atoms with Gasteiger partial charge in [0.1, 0.15) is 0 Å². The van der Waals surface area contributed by atoms with Crippen LogP contribution in [0.3, 0.4) is 0 Å². The number of rotatable bonds is 7. The fourth-order valence-electron chi connectivity index (χ4n) is 2.12. The highest BCUT2D eigenvalue weighted by Crippen LogP contribution is 2.10. The number of ether oxygens (including phenoxy) is 1. The summed E-state index contributed by atoms with van der Waals surface area (Å²) >= 11 is 0. The van der Waals surface area contributed by atoms with Crippen molar-refractivity contribution in [2.75, 3.05) is 20.2 Å². The summed E-state index contributed by atoms with van der Waals surface area (Å²) in [5, 5.41) is 4.38. The minimum Gasteiger partial charge on any atom is -0.469 e. The Kier molecular flexibility index (Phi) is 5.51. The van der Waals surface area contributed by atoms with Gasteiger partial charge in [0.25, 0.3) is 0 Å². The summed E-state index contributed by atoms with van der Waals surface area (Å²) in [4.78, 5) is 13.4. The van der Waals surface area contributed by atoms with Crippen LogP contribution in [-0.4, -0.2) is 40.8 Å². The van der Waals surface area contributed by atoms with E-state index in [0.29, 0.717) is 13.0 Å². The molecule has 0 spiro atoms.